The minimum Gasteiger partial charge on any atom is -0.455 e. The van der Waals surface area contributed by atoms with Gasteiger partial charge in [0.05, 0.1) is 10.7 Å². The average molecular weight is 308 g/mol. The molecule has 0 aliphatic carbocycles. The van der Waals surface area contributed by atoms with Crippen LogP contribution in [0.3, 0.4) is 0 Å². The summed E-state index contributed by atoms with van der Waals surface area (Å²) in [5.41, 5.74) is 8.15. The van der Waals surface area contributed by atoms with Crippen LogP contribution < -0.4 is 10.5 Å². The van der Waals surface area contributed by atoms with Gasteiger partial charge in [-0.05, 0) is 18.4 Å². The van der Waals surface area contributed by atoms with Crippen molar-refractivity contribution >= 4 is 17.3 Å². The molecule has 21 heavy (non-hydrogen) atoms. The fraction of sp³-hybridized carbons (Fsp3) is 0.294. The van der Waals surface area contributed by atoms with Crippen LogP contribution in [0.4, 0.5) is 10.1 Å². The molecule has 0 fully saturated rings. The average Bonchev–Trinajstić information content (AvgIpc) is 2.36. The molecule has 0 saturated heterocycles. The van der Waals surface area contributed by atoms with Gasteiger partial charge in [-0.25, -0.2) is 4.39 Å². The first-order chi connectivity index (χ1) is 9.68. The number of halogens is 2. The SMILES string of the molecule is Cc1ccc(Oc2cc(Cl)c(F)cc2N)c(C(C)(C)C)c1. The lowest BCUT2D eigenvalue weighted by Gasteiger charge is -2.23. The van der Waals surface area contributed by atoms with Gasteiger partial charge in [-0.3, -0.25) is 0 Å². The predicted molar refractivity (Wildman–Crippen MR) is 85.8 cm³/mol. The highest BCUT2D eigenvalue weighted by molar-refractivity contribution is 6.31. The summed E-state index contributed by atoms with van der Waals surface area (Å²) in [6, 6.07) is 8.51. The van der Waals surface area contributed by atoms with Gasteiger partial charge < -0.3 is 10.5 Å². The quantitative estimate of drug-likeness (QED) is 0.748. The Balaban J connectivity index is 2.47. The number of nitrogens with two attached hydrogens (primary N) is 1. The molecule has 2 aromatic rings. The van der Waals surface area contributed by atoms with Gasteiger partial charge in [0, 0.05) is 17.7 Å². The molecule has 0 unspecified atom stereocenters. The number of nitrogen functional groups attached to an aromatic ring is 1. The highest BCUT2D eigenvalue weighted by Crippen LogP contribution is 2.38. The van der Waals surface area contributed by atoms with E-state index in [0.29, 0.717) is 11.5 Å². The zero-order valence-electron chi connectivity index (χ0n) is 12.6. The lowest BCUT2D eigenvalue weighted by Crippen LogP contribution is -2.13. The van der Waals surface area contributed by atoms with E-state index in [2.05, 4.69) is 26.8 Å². The first-order valence-corrected chi connectivity index (χ1v) is 7.10. The van der Waals surface area contributed by atoms with Gasteiger partial charge in [0.2, 0.25) is 0 Å². The van der Waals surface area contributed by atoms with E-state index in [1.807, 2.05) is 19.1 Å². The molecule has 2 nitrogen and oxygen atoms in total. The summed E-state index contributed by atoms with van der Waals surface area (Å²) in [5, 5.41) is -0.0105. The fourth-order valence-corrected chi connectivity index (χ4v) is 2.22. The molecule has 2 rings (SSSR count). The van der Waals surface area contributed by atoms with E-state index in [9.17, 15) is 4.39 Å². The van der Waals surface area contributed by atoms with Crippen LogP contribution in [0.15, 0.2) is 30.3 Å². The van der Waals surface area contributed by atoms with Crippen molar-refractivity contribution in [1.82, 2.24) is 0 Å². The summed E-state index contributed by atoms with van der Waals surface area (Å²) in [6.07, 6.45) is 0. The van der Waals surface area contributed by atoms with Gasteiger partial charge in [-0.15, -0.1) is 0 Å². The van der Waals surface area contributed by atoms with Crippen LogP contribution in [-0.2, 0) is 5.41 Å². The van der Waals surface area contributed by atoms with E-state index in [1.165, 1.54) is 12.1 Å². The predicted octanol–water partition coefficient (Wildman–Crippen LogP) is 5.46. The number of hydrogen-bond donors (Lipinski definition) is 1. The summed E-state index contributed by atoms with van der Waals surface area (Å²) in [4.78, 5) is 0. The molecule has 0 aliphatic heterocycles. The second-order valence-electron chi connectivity index (χ2n) is 6.16. The summed E-state index contributed by atoms with van der Waals surface area (Å²) in [7, 11) is 0. The molecule has 2 aromatic carbocycles. The van der Waals surface area contributed by atoms with Crippen molar-refractivity contribution in [1.29, 1.82) is 0 Å². The Morgan fingerprint density at radius 2 is 1.76 bits per heavy atom. The number of benzene rings is 2. The summed E-state index contributed by atoms with van der Waals surface area (Å²) in [6.45, 7) is 8.35. The van der Waals surface area contributed by atoms with Crippen LogP contribution in [0.2, 0.25) is 5.02 Å². The third-order valence-corrected chi connectivity index (χ3v) is 3.51. The molecular weight excluding hydrogens is 289 g/mol. The maximum Gasteiger partial charge on any atom is 0.152 e. The van der Waals surface area contributed by atoms with Gasteiger partial charge in [0.15, 0.2) is 5.75 Å². The Morgan fingerprint density at radius 3 is 2.38 bits per heavy atom. The summed E-state index contributed by atoms with van der Waals surface area (Å²) < 4.78 is 19.2. The Hall–Kier alpha value is -1.74. The fourth-order valence-electron chi connectivity index (χ4n) is 2.07. The van der Waals surface area contributed by atoms with Crippen molar-refractivity contribution in [3.05, 3.63) is 52.3 Å². The molecule has 0 aliphatic rings. The molecule has 0 spiro atoms. The van der Waals surface area contributed by atoms with E-state index >= 15 is 0 Å². The second-order valence-corrected chi connectivity index (χ2v) is 6.56. The van der Waals surface area contributed by atoms with Gasteiger partial charge in [0.1, 0.15) is 11.6 Å². The highest BCUT2D eigenvalue weighted by Gasteiger charge is 2.20. The Bertz CT molecular complexity index is 677. The molecule has 0 atom stereocenters. The van der Waals surface area contributed by atoms with Gasteiger partial charge in [-0.2, -0.15) is 0 Å². The molecule has 0 amide bonds. The maximum absolute atomic E-state index is 13.4. The Morgan fingerprint density at radius 1 is 1.10 bits per heavy atom. The molecule has 0 bridgehead atoms. The van der Waals surface area contributed by atoms with E-state index in [4.69, 9.17) is 22.1 Å². The topological polar surface area (TPSA) is 35.2 Å². The number of anilines is 1. The smallest absolute Gasteiger partial charge is 0.152 e. The monoisotopic (exact) mass is 307 g/mol. The lowest BCUT2D eigenvalue weighted by atomic mass is 9.85. The van der Waals surface area contributed by atoms with Crippen LogP contribution >= 0.6 is 11.6 Å². The van der Waals surface area contributed by atoms with Crippen molar-refractivity contribution in [3.8, 4) is 11.5 Å². The Kier molecular flexibility index (Phi) is 4.15. The molecule has 0 heterocycles. The lowest BCUT2D eigenvalue weighted by molar-refractivity contribution is 0.456. The first-order valence-electron chi connectivity index (χ1n) is 6.72. The third kappa shape index (κ3) is 3.48. The van der Waals surface area contributed by atoms with Crippen molar-refractivity contribution in [3.63, 3.8) is 0 Å². The van der Waals surface area contributed by atoms with Crippen molar-refractivity contribution in [2.24, 2.45) is 0 Å². The molecule has 0 saturated carbocycles. The summed E-state index contributed by atoms with van der Waals surface area (Å²) in [5.74, 6) is 0.500. The van der Waals surface area contributed by atoms with Gasteiger partial charge in [0.25, 0.3) is 0 Å². The molecule has 2 N–H and O–H groups in total. The number of ether oxygens (including phenoxy) is 1. The highest BCUT2D eigenvalue weighted by atomic mass is 35.5. The number of aryl methyl sites for hydroxylation is 1. The molecule has 4 heteroatoms. The zero-order chi connectivity index (χ0) is 15.8. The minimum atomic E-state index is -0.554. The van der Waals surface area contributed by atoms with Crippen molar-refractivity contribution in [2.75, 3.05) is 5.73 Å². The van der Waals surface area contributed by atoms with Gasteiger partial charge in [-0.1, -0.05) is 50.1 Å². The van der Waals surface area contributed by atoms with Crippen molar-refractivity contribution < 1.29 is 9.13 Å². The molecular formula is C17H19ClFNO. The van der Waals surface area contributed by atoms with Gasteiger partial charge >= 0.3 is 0 Å². The maximum atomic E-state index is 13.4. The van der Waals surface area contributed by atoms with E-state index in [1.54, 1.807) is 0 Å². The van der Waals surface area contributed by atoms with E-state index in [-0.39, 0.29) is 16.1 Å². The van der Waals surface area contributed by atoms with Crippen LogP contribution in [-0.4, -0.2) is 0 Å². The molecule has 0 radical (unpaired) electrons. The third-order valence-electron chi connectivity index (χ3n) is 3.22. The standard InChI is InChI=1S/C17H19ClFNO/c1-10-5-6-15(11(7-10)17(2,3)4)21-16-8-12(18)13(19)9-14(16)20/h5-9H,20H2,1-4H3. The number of hydrogen-bond acceptors (Lipinski definition) is 2. The zero-order valence-corrected chi connectivity index (χ0v) is 13.4. The van der Waals surface area contributed by atoms with Crippen LogP contribution in [0.1, 0.15) is 31.9 Å². The number of rotatable bonds is 2. The first kappa shape index (κ1) is 15.6. The second kappa shape index (κ2) is 5.57. The molecule has 112 valence electrons. The molecule has 0 aromatic heterocycles. The van der Waals surface area contributed by atoms with Crippen molar-refractivity contribution in [2.45, 2.75) is 33.1 Å². The normalized spacial score (nSPS) is 11.5. The van der Waals surface area contributed by atoms with Crippen LogP contribution in [0.25, 0.3) is 0 Å². The van der Waals surface area contributed by atoms with Crippen LogP contribution in [0, 0.1) is 12.7 Å². The van der Waals surface area contributed by atoms with E-state index < -0.39 is 5.82 Å². The largest absolute Gasteiger partial charge is 0.455 e. The van der Waals surface area contributed by atoms with Crippen LogP contribution in [0.5, 0.6) is 11.5 Å². The minimum absolute atomic E-state index is 0.0105. The summed E-state index contributed by atoms with van der Waals surface area (Å²) >= 11 is 5.80. The van der Waals surface area contributed by atoms with E-state index in [0.717, 1.165) is 11.1 Å². The Labute approximate surface area is 129 Å².